The van der Waals surface area contributed by atoms with Crippen LogP contribution in [0.4, 0.5) is 0 Å². The number of hydrogen-bond acceptors (Lipinski definition) is 3. The Bertz CT molecular complexity index is 910. The van der Waals surface area contributed by atoms with Gasteiger partial charge in [-0.2, -0.15) is 5.10 Å². The van der Waals surface area contributed by atoms with Gasteiger partial charge >= 0.3 is 0 Å². The van der Waals surface area contributed by atoms with Crippen molar-refractivity contribution in [3.05, 3.63) is 66.6 Å². The molecule has 152 valence electrons. The molecule has 1 aliphatic rings. The Labute approximate surface area is 172 Å². The maximum absolute atomic E-state index is 13.0. The molecule has 0 bridgehead atoms. The number of rotatable bonds is 7. The highest BCUT2D eigenvalue weighted by molar-refractivity contribution is 5.97. The third kappa shape index (κ3) is 4.43. The molecular formula is C23H29N5O. The summed E-state index contributed by atoms with van der Waals surface area (Å²) in [4.78, 5) is 15.4. The number of amides is 1. The quantitative estimate of drug-likeness (QED) is 0.669. The zero-order chi connectivity index (χ0) is 20.1. The molecule has 0 spiro atoms. The van der Waals surface area contributed by atoms with Crippen LogP contribution in [0.2, 0.25) is 0 Å². The zero-order valence-electron chi connectivity index (χ0n) is 17.0. The van der Waals surface area contributed by atoms with Crippen molar-refractivity contribution in [3.8, 4) is 11.5 Å². The summed E-state index contributed by atoms with van der Waals surface area (Å²) in [5.41, 5.74) is 1.50. The summed E-state index contributed by atoms with van der Waals surface area (Å²) in [5.74, 6) is 0.660. The monoisotopic (exact) mass is 391 g/mol. The summed E-state index contributed by atoms with van der Waals surface area (Å²) in [6.07, 6.45) is 12.1. The third-order valence-electron chi connectivity index (χ3n) is 5.79. The second-order valence-electron chi connectivity index (χ2n) is 7.75. The molecular weight excluding hydrogens is 362 g/mol. The fraction of sp³-hybridized carbons (Fsp3) is 0.391. The van der Waals surface area contributed by atoms with Crippen LogP contribution in [0.3, 0.4) is 0 Å². The minimum Gasteiger partial charge on any atom is -0.351 e. The summed E-state index contributed by atoms with van der Waals surface area (Å²) in [5, 5.41) is 7.59. The van der Waals surface area contributed by atoms with E-state index < -0.39 is 0 Å². The smallest absolute Gasteiger partial charge is 0.256 e. The lowest BCUT2D eigenvalue weighted by Crippen LogP contribution is -2.39. The van der Waals surface area contributed by atoms with E-state index in [4.69, 9.17) is 0 Å². The summed E-state index contributed by atoms with van der Waals surface area (Å²) >= 11 is 0. The van der Waals surface area contributed by atoms with Gasteiger partial charge in [0.05, 0.1) is 11.9 Å². The molecule has 6 nitrogen and oxygen atoms in total. The van der Waals surface area contributed by atoms with Crippen LogP contribution in [-0.2, 0) is 0 Å². The molecule has 1 amide bonds. The Morgan fingerprint density at radius 2 is 1.83 bits per heavy atom. The second kappa shape index (κ2) is 9.09. The van der Waals surface area contributed by atoms with Gasteiger partial charge in [0.25, 0.3) is 5.91 Å². The number of likely N-dealkylation sites (N-methyl/N-ethyl adjacent to an activating group) is 1. The van der Waals surface area contributed by atoms with E-state index in [9.17, 15) is 4.79 Å². The van der Waals surface area contributed by atoms with E-state index in [-0.39, 0.29) is 5.91 Å². The number of carbonyl (C=O) groups excluding carboxylic acids is 1. The number of nitrogens with zero attached hydrogens (tertiary/aromatic N) is 4. The summed E-state index contributed by atoms with van der Waals surface area (Å²) < 4.78 is 3.74. The Kier molecular flexibility index (Phi) is 6.10. The van der Waals surface area contributed by atoms with Crippen molar-refractivity contribution in [2.45, 2.75) is 38.1 Å². The minimum absolute atomic E-state index is 0.0899. The SMILES string of the molecule is CN(CCNC(=O)c1cnn(-c2ccccc2)c1-n1cccc1)C1CCCCC1. The molecule has 1 saturated carbocycles. The van der Waals surface area contributed by atoms with Crippen molar-refractivity contribution in [1.29, 1.82) is 0 Å². The van der Waals surface area contributed by atoms with Crippen molar-refractivity contribution < 1.29 is 4.79 Å². The first-order valence-corrected chi connectivity index (χ1v) is 10.5. The highest BCUT2D eigenvalue weighted by atomic mass is 16.1. The molecule has 3 aromatic rings. The van der Waals surface area contributed by atoms with E-state index in [0.29, 0.717) is 18.2 Å². The number of aromatic nitrogens is 3. The highest BCUT2D eigenvalue weighted by Gasteiger charge is 2.21. The van der Waals surface area contributed by atoms with Gasteiger partial charge in [0.2, 0.25) is 0 Å². The first-order valence-electron chi connectivity index (χ1n) is 10.5. The topological polar surface area (TPSA) is 55.1 Å². The molecule has 1 aliphatic carbocycles. The first-order chi connectivity index (χ1) is 14.2. The summed E-state index contributed by atoms with van der Waals surface area (Å²) in [6.45, 7) is 1.50. The normalized spacial score (nSPS) is 15.0. The molecule has 1 fully saturated rings. The van der Waals surface area contributed by atoms with Crippen LogP contribution in [0.15, 0.2) is 61.1 Å². The standard InChI is InChI=1S/C23H29N5O/c1-26(19-10-4-2-5-11-19)17-14-24-22(29)21-18-25-28(20-12-6-3-7-13-20)23(21)27-15-8-9-16-27/h3,6-9,12-13,15-16,18-19H,2,4-5,10-11,14,17H2,1H3,(H,24,29). The van der Waals surface area contributed by atoms with Gasteiger partial charge in [0.15, 0.2) is 5.82 Å². The van der Waals surface area contributed by atoms with E-state index in [1.165, 1.54) is 32.1 Å². The van der Waals surface area contributed by atoms with Gasteiger partial charge in [0, 0.05) is 31.5 Å². The highest BCUT2D eigenvalue weighted by Crippen LogP contribution is 2.22. The van der Waals surface area contributed by atoms with E-state index in [0.717, 1.165) is 18.1 Å². The van der Waals surface area contributed by atoms with E-state index in [1.807, 2.05) is 64.1 Å². The van der Waals surface area contributed by atoms with Crippen LogP contribution in [0.1, 0.15) is 42.5 Å². The Hall–Kier alpha value is -2.86. The second-order valence-corrected chi connectivity index (χ2v) is 7.75. The van der Waals surface area contributed by atoms with Crippen molar-refractivity contribution in [2.24, 2.45) is 0 Å². The molecule has 4 rings (SSSR count). The lowest BCUT2D eigenvalue weighted by atomic mass is 9.94. The zero-order valence-corrected chi connectivity index (χ0v) is 17.0. The molecule has 0 aliphatic heterocycles. The third-order valence-corrected chi connectivity index (χ3v) is 5.79. The molecule has 0 saturated heterocycles. The maximum atomic E-state index is 13.0. The number of nitrogens with one attached hydrogen (secondary N) is 1. The van der Waals surface area contributed by atoms with Crippen LogP contribution in [0.5, 0.6) is 0 Å². The van der Waals surface area contributed by atoms with Gasteiger partial charge < -0.3 is 14.8 Å². The van der Waals surface area contributed by atoms with Gasteiger partial charge in [-0.3, -0.25) is 4.79 Å². The number of hydrogen-bond donors (Lipinski definition) is 1. The van der Waals surface area contributed by atoms with Crippen molar-refractivity contribution in [1.82, 2.24) is 24.6 Å². The van der Waals surface area contributed by atoms with Crippen LogP contribution < -0.4 is 5.32 Å². The number of benzene rings is 1. The molecule has 0 unspecified atom stereocenters. The van der Waals surface area contributed by atoms with E-state index >= 15 is 0 Å². The van der Waals surface area contributed by atoms with Crippen LogP contribution in [0.25, 0.3) is 11.5 Å². The van der Waals surface area contributed by atoms with Crippen LogP contribution in [-0.4, -0.2) is 51.3 Å². The van der Waals surface area contributed by atoms with Gasteiger partial charge in [-0.1, -0.05) is 37.5 Å². The Morgan fingerprint density at radius 1 is 1.10 bits per heavy atom. The molecule has 2 heterocycles. The predicted molar refractivity (Wildman–Crippen MR) is 115 cm³/mol. The van der Waals surface area contributed by atoms with Crippen LogP contribution >= 0.6 is 0 Å². The van der Waals surface area contributed by atoms with Crippen molar-refractivity contribution >= 4 is 5.91 Å². The molecule has 1 N–H and O–H groups in total. The molecule has 0 radical (unpaired) electrons. The maximum Gasteiger partial charge on any atom is 0.256 e. The molecule has 2 aromatic heterocycles. The summed E-state index contributed by atoms with van der Waals surface area (Å²) in [6, 6.07) is 14.4. The average molecular weight is 392 g/mol. The van der Waals surface area contributed by atoms with Gasteiger partial charge in [0.1, 0.15) is 5.56 Å². The fourth-order valence-electron chi connectivity index (χ4n) is 4.13. The molecule has 6 heteroatoms. The van der Waals surface area contributed by atoms with Gasteiger partial charge in [-0.15, -0.1) is 0 Å². The largest absolute Gasteiger partial charge is 0.351 e. The van der Waals surface area contributed by atoms with E-state index in [2.05, 4.69) is 22.4 Å². The van der Waals surface area contributed by atoms with Crippen molar-refractivity contribution in [3.63, 3.8) is 0 Å². The lowest BCUT2D eigenvalue weighted by Gasteiger charge is -2.31. The first kappa shape index (κ1) is 19.5. The molecule has 0 atom stereocenters. The Morgan fingerprint density at radius 3 is 2.55 bits per heavy atom. The Balaban J connectivity index is 1.48. The summed E-state index contributed by atoms with van der Waals surface area (Å²) in [7, 11) is 2.17. The fourth-order valence-corrected chi connectivity index (χ4v) is 4.13. The van der Waals surface area contributed by atoms with Gasteiger partial charge in [-0.25, -0.2) is 4.68 Å². The predicted octanol–water partition coefficient (Wildman–Crippen LogP) is 3.66. The van der Waals surface area contributed by atoms with Gasteiger partial charge in [-0.05, 0) is 44.2 Å². The molecule has 1 aromatic carbocycles. The van der Waals surface area contributed by atoms with Crippen molar-refractivity contribution in [2.75, 3.05) is 20.1 Å². The molecule has 29 heavy (non-hydrogen) atoms. The number of carbonyl (C=O) groups is 1. The average Bonchev–Trinajstić information content (AvgIpc) is 3.44. The number of para-hydroxylation sites is 1. The van der Waals surface area contributed by atoms with E-state index in [1.54, 1.807) is 6.20 Å². The lowest BCUT2D eigenvalue weighted by molar-refractivity contribution is 0.0944. The van der Waals surface area contributed by atoms with Crippen LogP contribution in [0, 0.1) is 0 Å². The minimum atomic E-state index is -0.0899.